The molecule has 2 heteroatoms. The number of rotatable bonds is 2. The summed E-state index contributed by atoms with van der Waals surface area (Å²) in [4.78, 5) is 10.1. The molecule has 0 heterocycles. The van der Waals surface area contributed by atoms with Gasteiger partial charge in [0.05, 0.1) is 0 Å². The van der Waals surface area contributed by atoms with Crippen LogP contribution in [0.2, 0.25) is 0 Å². The maximum atomic E-state index is 10.1. The minimum absolute atomic E-state index is 0. The van der Waals surface area contributed by atoms with Crippen LogP contribution in [-0.2, 0) is 4.79 Å². The van der Waals surface area contributed by atoms with Crippen molar-refractivity contribution < 1.29 is 9.90 Å². The lowest BCUT2D eigenvalue weighted by Gasteiger charge is -1.87. The largest absolute Gasteiger partial charge is 0.478 e. The first kappa shape index (κ1) is 10.4. The van der Waals surface area contributed by atoms with Gasteiger partial charge in [0.2, 0.25) is 0 Å². The van der Waals surface area contributed by atoms with Crippen LogP contribution < -0.4 is 0 Å². The van der Waals surface area contributed by atoms with Crippen molar-refractivity contribution >= 4 is 12.0 Å². The Morgan fingerprint density at radius 2 is 1.83 bits per heavy atom. The molecule has 1 aromatic rings. The minimum atomic E-state index is -0.922. The van der Waals surface area contributed by atoms with E-state index in [1.807, 2.05) is 30.3 Å². The van der Waals surface area contributed by atoms with Crippen LogP contribution >= 0.6 is 0 Å². The molecule has 0 bridgehead atoms. The Labute approximate surface area is 72.2 Å². The van der Waals surface area contributed by atoms with E-state index < -0.39 is 5.97 Å². The standard InChI is InChI=1S/C9H8O2.CH4/c10-9(11)7-6-8-4-2-1-3-5-8;/h1-7H,(H,10,11);1H4/b7-6+;. The number of carbonyl (C=O) groups is 1. The Morgan fingerprint density at radius 3 is 2.33 bits per heavy atom. The van der Waals surface area contributed by atoms with Crippen LogP contribution in [-0.4, -0.2) is 11.1 Å². The molecule has 0 atom stereocenters. The number of benzene rings is 1. The van der Waals surface area contributed by atoms with Gasteiger partial charge in [-0.15, -0.1) is 0 Å². The SMILES string of the molecule is C.O=C(O)/C=C/c1ccccc1. The fraction of sp³-hybridized carbons (Fsp3) is 0.100. The number of aliphatic carboxylic acids is 1. The van der Waals surface area contributed by atoms with Gasteiger partial charge in [0, 0.05) is 6.08 Å². The number of carboxylic acids is 1. The summed E-state index contributed by atoms with van der Waals surface area (Å²) in [6.45, 7) is 0. The fourth-order valence-corrected chi connectivity index (χ4v) is 0.732. The third kappa shape index (κ3) is 3.56. The predicted molar refractivity (Wildman–Crippen MR) is 49.8 cm³/mol. The molecule has 0 saturated carbocycles. The summed E-state index contributed by atoms with van der Waals surface area (Å²) < 4.78 is 0. The fourth-order valence-electron chi connectivity index (χ4n) is 0.732. The topological polar surface area (TPSA) is 37.3 Å². The average molecular weight is 164 g/mol. The minimum Gasteiger partial charge on any atom is -0.478 e. The molecule has 1 aromatic carbocycles. The Morgan fingerprint density at radius 1 is 1.25 bits per heavy atom. The predicted octanol–water partition coefficient (Wildman–Crippen LogP) is 2.42. The second-order valence-electron chi connectivity index (χ2n) is 2.08. The first-order valence-corrected chi connectivity index (χ1v) is 3.25. The summed E-state index contributed by atoms with van der Waals surface area (Å²) >= 11 is 0. The maximum Gasteiger partial charge on any atom is 0.328 e. The van der Waals surface area contributed by atoms with Gasteiger partial charge in [-0.2, -0.15) is 0 Å². The Balaban J connectivity index is 0.00000121. The van der Waals surface area contributed by atoms with E-state index in [1.54, 1.807) is 6.08 Å². The first-order chi connectivity index (χ1) is 5.29. The van der Waals surface area contributed by atoms with Crippen LogP contribution in [0.1, 0.15) is 13.0 Å². The molecule has 0 saturated heterocycles. The highest BCUT2D eigenvalue weighted by Gasteiger charge is 1.85. The molecule has 12 heavy (non-hydrogen) atoms. The van der Waals surface area contributed by atoms with Gasteiger partial charge in [0.25, 0.3) is 0 Å². The molecule has 0 aliphatic rings. The van der Waals surface area contributed by atoms with Gasteiger partial charge in [-0.3, -0.25) is 0 Å². The van der Waals surface area contributed by atoms with E-state index in [-0.39, 0.29) is 7.43 Å². The molecular formula is C10H12O2. The van der Waals surface area contributed by atoms with E-state index in [4.69, 9.17) is 5.11 Å². The molecule has 64 valence electrons. The zero-order valence-corrected chi connectivity index (χ0v) is 5.90. The summed E-state index contributed by atoms with van der Waals surface area (Å²) in [6.07, 6.45) is 2.68. The molecular weight excluding hydrogens is 152 g/mol. The monoisotopic (exact) mass is 164 g/mol. The molecule has 0 amide bonds. The lowest BCUT2D eigenvalue weighted by Crippen LogP contribution is -1.85. The van der Waals surface area contributed by atoms with Gasteiger partial charge in [-0.25, -0.2) is 4.79 Å². The molecule has 0 radical (unpaired) electrons. The lowest BCUT2D eigenvalue weighted by molar-refractivity contribution is -0.131. The quantitative estimate of drug-likeness (QED) is 0.681. The van der Waals surface area contributed by atoms with Gasteiger partial charge in [0.1, 0.15) is 0 Å². The van der Waals surface area contributed by atoms with Crippen LogP contribution in [0.15, 0.2) is 36.4 Å². The highest BCUT2D eigenvalue weighted by atomic mass is 16.4. The third-order valence-corrected chi connectivity index (χ3v) is 1.22. The van der Waals surface area contributed by atoms with Crippen LogP contribution in [0.4, 0.5) is 0 Å². The van der Waals surface area contributed by atoms with Gasteiger partial charge in [-0.05, 0) is 11.6 Å². The van der Waals surface area contributed by atoms with Crippen molar-refractivity contribution in [2.75, 3.05) is 0 Å². The Bertz CT molecular complexity index is 262. The molecule has 0 unspecified atom stereocenters. The van der Waals surface area contributed by atoms with E-state index in [2.05, 4.69) is 0 Å². The van der Waals surface area contributed by atoms with E-state index in [1.165, 1.54) is 0 Å². The third-order valence-electron chi connectivity index (χ3n) is 1.22. The Kier molecular flexibility index (Phi) is 4.46. The molecule has 0 fully saturated rings. The zero-order chi connectivity index (χ0) is 8.10. The maximum absolute atomic E-state index is 10.1. The summed E-state index contributed by atoms with van der Waals surface area (Å²) in [6, 6.07) is 9.31. The second kappa shape index (κ2) is 5.13. The molecule has 1 N–H and O–H groups in total. The van der Waals surface area contributed by atoms with Crippen molar-refractivity contribution in [2.45, 2.75) is 7.43 Å². The average Bonchev–Trinajstić information content (AvgIpc) is 2.03. The zero-order valence-electron chi connectivity index (χ0n) is 5.90. The molecule has 0 aliphatic heterocycles. The summed E-state index contributed by atoms with van der Waals surface area (Å²) in [7, 11) is 0. The summed E-state index contributed by atoms with van der Waals surface area (Å²) in [5.41, 5.74) is 0.898. The highest BCUT2D eigenvalue weighted by Crippen LogP contribution is 1.99. The smallest absolute Gasteiger partial charge is 0.328 e. The summed E-state index contributed by atoms with van der Waals surface area (Å²) in [5.74, 6) is -0.922. The van der Waals surface area contributed by atoms with Crippen LogP contribution in [0, 0.1) is 0 Å². The van der Waals surface area contributed by atoms with Crippen molar-refractivity contribution in [3.8, 4) is 0 Å². The lowest BCUT2D eigenvalue weighted by atomic mass is 10.2. The second-order valence-corrected chi connectivity index (χ2v) is 2.08. The van der Waals surface area contributed by atoms with Crippen LogP contribution in [0.25, 0.3) is 6.08 Å². The number of carboxylic acid groups (broad SMARTS) is 1. The van der Waals surface area contributed by atoms with Crippen LogP contribution in [0.3, 0.4) is 0 Å². The van der Waals surface area contributed by atoms with E-state index in [0.29, 0.717) is 0 Å². The summed E-state index contributed by atoms with van der Waals surface area (Å²) in [5, 5.41) is 8.29. The van der Waals surface area contributed by atoms with Gasteiger partial charge < -0.3 is 5.11 Å². The molecule has 0 aliphatic carbocycles. The molecule has 2 nitrogen and oxygen atoms in total. The van der Waals surface area contributed by atoms with Crippen molar-refractivity contribution in [1.29, 1.82) is 0 Å². The van der Waals surface area contributed by atoms with E-state index in [0.717, 1.165) is 11.6 Å². The Hall–Kier alpha value is -1.57. The highest BCUT2D eigenvalue weighted by molar-refractivity contribution is 5.85. The van der Waals surface area contributed by atoms with Crippen LogP contribution in [0.5, 0.6) is 0 Å². The van der Waals surface area contributed by atoms with Crippen molar-refractivity contribution in [3.05, 3.63) is 42.0 Å². The molecule has 1 rings (SSSR count). The van der Waals surface area contributed by atoms with Gasteiger partial charge >= 0.3 is 5.97 Å². The van der Waals surface area contributed by atoms with Gasteiger partial charge in [0.15, 0.2) is 0 Å². The number of hydrogen-bond donors (Lipinski definition) is 1. The van der Waals surface area contributed by atoms with E-state index in [9.17, 15) is 4.79 Å². The first-order valence-electron chi connectivity index (χ1n) is 3.25. The molecule has 0 spiro atoms. The van der Waals surface area contributed by atoms with E-state index >= 15 is 0 Å². The van der Waals surface area contributed by atoms with Crippen molar-refractivity contribution in [3.63, 3.8) is 0 Å². The van der Waals surface area contributed by atoms with Crippen molar-refractivity contribution in [2.24, 2.45) is 0 Å². The normalized spacial score (nSPS) is 9.33. The molecule has 0 aromatic heterocycles. The van der Waals surface area contributed by atoms with Gasteiger partial charge in [-0.1, -0.05) is 37.8 Å². The number of hydrogen-bond acceptors (Lipinski definition) is 1. The van der Waals surface area contributed by atoms with Crippen molar-refractivity contribution in [1.82, 2.24) is 0 Å².